The van der Waals surface area contributed by atoms with Gasteiger partial charge in [-0.2, -0.15) is 0 Å². The summed E-state index contributed by atoms with van der Waals surface area (Å²) in [4.78, 5) is 0. The van der Waals surface area contributed by atoms with Crippen molar-refractivity contribution in [2.24, 2.45) is 0 Å². The van der Waals surface area contributed by atoms with E-state index < -0.39 is 6.10 Å². The van der Waals surface area contributed by atoms with Crippen LogP contribution in [0, 0.1) is 12.7 Å². The maximum atomic E-state index is 12.8. The molecule has 0 aliphatic rings. The summed E-state index contributed by atoms with van der Waals surface area (Å²) in [5.74, 6) is -0.290. The molecule has 0 radical (unpaired) electrons. The molecule has 2 N–H and O–H groups in total. The van der Waals surface area contributed by atoms with Gasteiger partial charge in [-0.3, -0.25) is 0 Å². The third kappa shape index (κ3) is 3.89. The van der Waals surface area contributed by atoms with Crippen LogP contribution in [0.1, 0.15) is 35.8 Å². The van der Waals surface area contributed by atoms with E-state index in [1.165, 1.54) is 23.3 Å². The Labute approximate surface area is 119 Å². The van der Waals surface area contributed by atoms with Gasteiger partial charge in [-0.1, -0.05) is 42.0 Å². The van der Waals surface area contributed by atoms with Crippen LogP contribution in [0.25, 0.3) is 0 Å². The number of hydrogen-bond acceptors (Lipinski definition) is 2. The molecule has 0 bridgehead atoms. The number of benzene rings is 2. The van der Waals surface area contributed by atoms with E-state index >= 15 is 0 Å². The molecule has 2 atom stereocenters. The second kappa shape index (κ2) is 6.64. The molecule has 0 saturated heterocycles. The van der Waals surface area contributed by atoms with Crippen LogP contribution in [-0.4, -0.2) is 11.7 Å². The van der Waals surface area contributed by atoms with Crippen LogP contribution in [0.15, 0.2) is 48.5 Å². The smallest absolute Gasteiger partial charge is 0.123 e. The third-order valence-corrected chi connectivity index (χ3v) is 3.45. The van der Waals surface area contributed by atoms with E-state index in [1.807, 2.05) is 0 Å². The molecule has 106 valence electrons. The number of halogens is 1. The predicted octanol–water partition coefficient (Wildman–Crippen LogP) is 3.52. The first-order valence-corrected chi connectivity index (χ1v) is 6.80. The molecule has 3 heteroatoms. The summed E-state index contributed by atoms with van der Waals surface area (Å²) in [5, 5.41) is 13.4. The molecule has 0 spiro atoms. The lowest BCUT2D eigenvalue weighted by Crippen LogP contribution is -2.24. The summed E-state index contributed by atoms with van der Waals surface area (Å²) in [6, 6.07) is 14.4. The summed E-state index contributed by atoms with van der Waals surface area (Å²) in [6.07, 6.45) is -0.636. The zero-order valence-electron chi connectivity index (χ0n) is 11.8. The molecule has 2 rings (SSSR count). The maximum absolute atomic E-state index is 12.8. The van der Waals surface area contributed by atoms with E-state index in [9.17, 15) is 9.50 Å². The Hall–Kier alpha value is -1.71. The predicted molar refractivity (Wildman–Crippen MR) is 79.0 cm³/mol. The number of aliphatic hydroxyl groups is 1. The fourth-order valence-corrected chi connectivity index (χ4v) is 2.06. The van der Waals surface area contributed by atoms with Gasteiger partial charge in [0.2, 0.25) is 0 Å². The topological polar surface area (TPSA) is 32.3 Å². The normalized spacial score (nSPS) is 14.0. The van der Waals surface area contributed by atoms with Crippen LogP contribution in [-0.2, 0) is 0 Å². The second-order valence-electron chi connectivity index (χ2n) is 5.11. The lowest BCUT2D eigenvalue weighted by molar-refractivity contribution is 0.170. The van der Waals surface area contributed by atoms with Crippen LogP contribution in [0.2, 0.25) is 0 Å². The largest absolute Gasteiger partial charge is 0.387 e. The average molecular weight is 273 g/mol. The summed E-state index contributed by atoms with van der Waals surface area (Å²) in [7, 11) is 0. The number of rotatable bonds is 5. The summed E-state index contributed by atoms with van der Waals surface area (Å²) in [5.41, 5.74) is 3.13. The molecule has 20 heavy (non-hydrogen) atoms. The van der Waals surface area contributed by atoms with Crippen molar-refractivity contribution in [2.75, 3.05) is 6.54 Å². The maximum Gasteiger partial charge on any atom is 0.123 e. The van der Waals surface area contributed by atoms with Crippen LogP contribution in [0.4, 0.5) is 4.39 Å². The average Bonchev–Trinajstić information content (AvgIpc) is 2.46. The van der Waals surface area contributed by atoms with Crippen molar-refractivity contribution in [1.82, 2.24) is 5.32 Å². The molecular formula is C17H20FNO. The molecular weight excluding hydrogens is 253 g/mol. The van der Waals surface area contributed by atoms with Gasteiger partial charge in [-0.05, 0) is 37.1 Å². The molecule has 2 aromatic carbocycles. The molecule has 0 aliphatic carbocycles. The summed E-state index contributed by atoms with van der Waals surface area (Å²) >= 11 is 0. The van der Waals surface area contributed by atoms with Crippen LogP contribution >= 0.6 is 0 Å². The minimum absolute atomic E-state index is 0.158. The summed E-state index contributed by atoms with van der Waals surface area (Å²) in [6.45, 7) is 4.54. The Morgan fingerprint density at radius 3 is 2.15 bits per heavy atom. The number of aryl methyl sites for hydroxylation is 1. The van der Waals surface area contributed by atoms with Gasteiger partial charge in [0.05, 0.1) is 6.10 Å². The van der Waals surface area contributed by atoms with E-state index in [1.54, 1.807) is 12.1 Å². The minimum atomic E-state index is -0.636. The molecule has 2 nitrogen and oxygen atoms in total. The van der Waals surface area contributed by atoms with Crippen LogP contribution in [0.3, 0.4) is 0 Å². The number of hydrogen-bond donors (Lipinski definition) is 2. The van der Waals surface area contributed by atoms with Gasteiger partial charge in [0.15, 0.2) is 0 Å². The zero-order chi connectivity index (χ0) is 14.5. The van der Waals surface area contributed by atoms with Crippen molar-refractivity contribution < 1.29 is 9.50 Å². The fraction of sp³-hybridized carbons (Fsp3) is 0.294. The lowest BCUT2D eigenvalue weighted by atomic mass is 10.1. The Morgan fingerprint density at radius 1 is 1.00 bits per heavy atom. The number of nitrogens with one attached hydrogen (secondary N) is 1. The highest BCUT2D eigenvalue weighted by atomic mass is 19.1. The first kappa shape index (κ1) is 14.7. The second-order valence-corrected chi connectivity index (χ2v) is 5.11. The van der Waals surface area contributed by atoms with Crippen molar-refractivity contribution in [3.8, 4) is 0 Å². The molecule has 0 amide bonds. The minimum Gasteiger partial charge on any atom is -0.387 e. The third-order valence-electron chi connectivity index (χ3n) is 3.45. The van der Waals surface area contributed by atoms with E-state index in [-0.39, 0.29) is 11.9 Å². The Kier molecular flexibility index (Phi) is 4.88. The van der Waals surface area contributed by atoms with Gasteiger partial charge in [-0.25, -0.2) is 4.39 Å². The van der Waals surface area contributed by atoms with E-state index in [4.69, 9.17) is 0 Å². The molecule has 0 aromatic heterocycles. The highest BCUT2D eigenvalue weighted by Crippen LogP contribution is 2.16. The monoisotopic (exact) mass is 273 g/mol. The Bertz CT molecular complexity index is 484. The Balaban J connectivity index is 1.91. The lowest BCUT2D eigenvalue weighted by Gasteiger charge is -2.18. The Morgan fingerprint density at radius 2 is 1.55 bits per heavy atom. The molecule has 2 aromatic rings. The standard InChI is InChI=1S/C17H20FNO/c1-12-3-5-14(6-4-12)13(2)19-11-17(20)15-7-9-16(18)10-8-15/h3-10,13,17,19-20H,11H2,1-2H3. The molecule has 0 heterocycles. The highest BCUT2D eigenvalue weighted by Gasteiger charge is 2.10. The molecule has 2 unspecified atom stereocenters. The summed E-state index contributed by atoms with van der Waals surface area (Å²) < 4.78 is 12.8. The van der Waals surface area contributed by atoms with Gasteiger partial charge in [0.25, 0.3) is 0 Å². The fourth-order valence-electron chi connectivity index (χ4n) is 2.06. The number of aliphatic hydroxyl groups excluding tert-OH is 1. The van der Waals surface area contributed by atoms with Gasteiger partial charge >= 0.3 is 0 Å². The first-order chi connectivity index (χ1) is 9.56. The van der Waals surface area contributed by atoms with E-state index in [0.29, 0.717) is 6.54 Å². The quantitative estimate of drug-likeness (QED) is 0.873. The van der Waals surface area contributed by atoms with Crippen molar-refractivity contribution in [3.05, 3.63) is 71.0 Å². The van der Waals surface area contributed by atoms with Crippen molar-refractivity contribution in [1.29, 1.82) is 0 Å². The van der Waals surface area contributed by atoms with Gasteiger partial charge in [-0.15, -0.1) is 0 Å². The molecule has 0 fully saturated rings. The zero-order valence-corrected chi connectivity index (χ0v) is 11.8. The van der Waals surface area contributed by atoms with Crippen molar-refractivity contribution >= 4 is 0 Å². The highest BCUT2D eigenvalue weighted by molar-refractivity contribution is 5.24. The van der Waals surface area contributed by atoms with Crippen molar-refractivity contribution in [3.63, 3.8) is 0 Å². The van der Waals surface area contributed by atoms with Crippen molar-refractivity contribution in [2.45, 2.75) is 26.0 Å². The molecule has 0 saturated carbocycles. The van der Waals surface area contributed by atoms with Crippen LogP contribution < -0.4 is 5.32 Å². The van der Waals surface area contributed by atoms with E-state index in [2.05, 4.69) is 43.4 Å². The van der Waals surface area contributed by atoms with Gasteiger partial charge < -0.3 is 10.4 Å². The first-order valence-electron chi connectivity index (χ1n) is 6.80. The van der Waals surface area contributed by atoms with Crippen LogP contribution in [0.5, 0.6) is 0 Å². The van der Waals surface area contributed by atoms with Gasteiger partial charge in [0, 0.05) is 12.6 Å². The molecule has 0 aliphatic heterocycles. The van der Waals surface area contributed by atoms with Gasteiger partial charge in [0.1, 0.15) is 5.82 Å². The SMILES string of the molecule is Cc1ccc(C(C)NCC(O)c2ccc(F)cc2)cc1. The van der Waals surface area contributed by atoms with E-state index in [0.717, 1.165) is 5.56 Å².